The van der Waals surface area contributed by atoms with E-state index in [9.17, 15) is 0 Å². The van der Waals surface area contributed by atoms with Gasteiger partial charge in [0.15, 0.2) is 23.2 Å². The minimum Gasteiger partial charge on any atom is -0.376 e. The maximum atomic E-state index is 7.23. The predicted octanol–water partition coefficient (Wildman–Crippen LogP) is 9.17. The number of methoxy groups -OCH3 is 2. The number of rotatable bonds is 14. The van der Waals surface area contributed by atoms with Gasteiger partial charge in [-0.25, -0.2) is 15.0 Å². The first-order chi connectivity index (χ1) is 29.2. The minimum absolute atomic E-state index is 0.190. The van der Waals surface area contributed by atoms with Crippen molar-refractivity contribution in [2.45, 2.75) is 35.7 Å². The van der Waals surface area contributed by atoms with Crippen molar-refractivity contribution in [3.05, 3.63) is 228 Å². The van der Waals surface area contributed by atoms with Gasteiger partial charge in [-0.05, 0) is 33.4 Å². The zero-order chi connectivity index (χ0) is 40.1. The quantitative estimate of drug-likeness (QED) is 0.109. The van der Waals surface area contributed by atoms with Crippen LogP contribution in [-0.4, -0.2) is 58.7 Å². The second kappa shape index (κ2) is 16.8. The second-order valence-corrected chi connectivity index (χ2v) is 14.6. The Bertz CT molecular complexity index is 2370. The Hall–Kier alpha value is -6.49. The summed E-state index contributed by atoms with van der Waals surface area (Å²) in [5, 5.41) is 3.88. The first kappa shape index (κ1) is 38.1. The molecule has 4 atom stereocenters. The molecule has 0 saturated carbocycles. The molecule has 2 aromatic heterocycles. The third-order valence-electron chi connectivity index (χ3n) is 11.4. The van der Waals surface area contributed by atoms with E-state index >= 15 is 0 Å². The van der Waals surface area contributed by atoms with Crippen molar-refractivity contribution in [1.29, 1.82) is 0 Å². The molecular formula is C50H45N5O4. The molecule has 9 rings (SSSR count). The average Bonchev–Trinajstić information content (AvgIpc) is 3.92. The van der Waals surface area contributed by atoms with E-state index in [4.69, 9.17) is 33.9 Å². The summed E-state index contributed by atoms with van der Waals surface area (Å²) in [4.78, 5) is 14.6. The Balaban J connectivity index is 1.09. The lowest BCUT2D eigenvalue weighted by Crippen LogP contribution is -2.41. The van der Waals surface area contributed by atoms with Crippen LogP contribution >= 0.6 is 0 Å². The highest BCUT2D eigenvalue weighted by Crippen LogP contribution is 2.44. The van der Waals surface area contributed by atoms with Crippen molar-refractivity contribution in [3.8, 4) is 0 Å². The molecule has 8 aromatic rings. The highest BCUT2D eigenvalue weighted by molar-refractivity contribution is 5.84. The van der Waals surface area contributed by atoms with E-state index in [0.29, 0.717) is 17.0 Å². The number of aromatic nitrogens is 4. The van der Waals surface area contributed by atoms with Crippen LogP contribution in [0.4, 0.5) is 5.82 Å². The number of hydrogen-bond donors (Lipinski definition) is 1. The highest BCUT2D eigenvalue weighted by atomic mass is 16.6. The molecule has 1 saturated heterocycles. The van der Waals surface area contributed by atoms with E-state index in [0.717, 1.165) is 33.4 Å². The molecule has 9 nitrogen and oxygen atoms in total. The molecule has 1 aliphatic heterocycles. The number of benzene rings is 6. The van der Waals surface area contributed by atoms with Gasteiger partial charge in [0.25, 0.3) is 0 Å². The number of nitrogens with zero attached hydrogens (tertiary/aromatic N) is 4. The molecular weight excluding hydrogens is 735 g/mol. The molecule has 294 valence electrons. The lowest BCUT2D eigenvalue weighted by atomic mass is 9.77. The van der Waals surface area contributed by atoms with Gasteiger partial charge in [0, 0.05) is 14.2 Å². The van der Waals surface area contributed by atoms with E-state index < -0.39 is 35.7 Å². The molecule has 0 amide bonds. The summed E-state index contributed by atoms with van der Waals surface area (Å²) in [6.45, 7) is 0.190. The van der Waals surface area contributed by atoms with Gasteiger partial charge >= 0.3 is 0 Å². The van der Waals surface area contributed by atoms with Gasteiger partial charge in [-0.2, -0.15) is 0 Å². The summed E-state index contributed by atoms with van der Waals surface area (Å²) < 4.78 is 28.4. The van der Waals surface area contributed by atoms with E-state index in [2.05, 4.69) is 115 Å². The fourth-order valence-electron chi connectivity index (χ4n) is 8.67. The monoisotopic (exact) mass is 779 g/mol. The minimum atomic E-state index is -0.940. The van der Waals surface area contributed by atoms with Crippen LogP contribution < -0.4 is 5.32 Å². The third-order valence-corrected chi connectivity index (χ3v) is 11.4. The van der Waals surface area contributed by atoms with E-state index in [1.54, 1.807) is 26.9 Å². The van der Waals surface area contributed by atoms with Crippen LogP contribution in [-0.2, 0) is 30.1 Å². The fraction of sp³-hybridized carbons (Fsp3) is 0.180. The standard InChI is InChI=1S/C50H45N5O4/c1-56-44-42(33-58-50(39-27-15-6-16-28-39,40-29-17-7-18-30-40)41-31-19-8-20-32-41)59-48(45(44)57-2)55-35-53-43-46(51-34-52-47(43)55)54-49(36-21-9-3-10-22-36,37-23-11-4-12-24-37)38-25-13-5-14-26-38/h3-32,34-35,42,44-45,48H,33H2,1-2H3,(H,51,52,54)/t42-,44-,45-,48-/m1/s1. The van der Waals surface area contributed by atoms with E-state index in [-0.39, 0.29) is 6.61 Å². The number of ether oxygens (including phenoxy) is 4. The molecule has 9 heteroatoms. The molecule has 1 N–H and O–H groups in total. The third kappa shape index (κ3) is 6.88. The summed E-state index contributed by atoms with van der Waals surface area (Å²) in [6.07, 6.45) is 1.14. The zero-order valence-electron chi connectivity index (χ0n) is 32.9. The summed E-state index contributed by atoms with van der Waals surface area (Å²) in [7, 11) is 3.36. The Morgan fingerprint density at radius 1 is 0.542 bits per heavy atom. The normalized spacial score (nSPS) is 18.2. The Labute approximate surface area is 344 Å². The molecule has 0 radical (unpaired) electrons. The van der Waals surface area contributed by atoms with Gasteiger partial charge in [-0.15, -0.1) is 0 Å². The van der Waals surface area contributed by atoms with Crippen molar-refractivity contribution in [1.82, 2.24) is 19.5 Å². The first-order valence-corrected chi connectivity index (χ1v) is 19.8. The number of hydrogen-bond acceptors (Lipinski definition) is 8. The van der Waals surface area contributed by atoms with E-state index in [1.165, 1.54) is 0 Å². The first-order valence-electron chi connectivity index (χ1n) is 19.8. The summed E-state index contributed by atoms with van der Waals surface area (Å²) in [5.41, 5.74) is 5.55. The number of nitrogens with one attached hydrogen (secondary N) is 1. The Morgan fingerprint density at radius 3 is 1.39 bits per heavy atom. The summed E-state index contributed by atoms with van der Waals surface area (Å²) in [6, 6.07) is 62.2. The molecule has 6 aromatic carbocycles. The lowest BCUT2D eigenvalue weighted by molar-refractivity contribution is -0.0982. The zero-order valence-corrected chi connectivity index (χ0v) is 32.9. The number of imidazole rings is 1. The Kier molecular flexibility index (Phi) is 10.8. The topological polar surface area (TPSA) is 92.5 Å². The maximum Gasteiger partial charge on any atom is 0.167 e. The SMILES string of the molecule is CO[C@@H]1[C@H](OC)[C@@H](COC(c2ccccc2)(c2ccccc2)c2ccccc2)O[C@H]1n1cnc2c(NC(c3ccccc3)(c3ccccc3)c3ccccc3)ncnc21. The molecule has 1 fully saturated rings. The largest absolute Gasteiger partial charge is 0.376 e. The summed E-state index contributed by atoms with van der Waals surface area (Å²) in [5.74, 6) is 0.568. The molecule has 0 aliphatic carbocycles. The Morgan fingerprint density at radius 2 is 0.966 bits per heavy atom. The predicted molar refractivity (Wildman–Crippen MR) is 229 cm³/mol. The van der Waals surface area contributed by atoms with Crippen LogP contribution in [0, 0.1) is 0 Å². The van der Waals surface area contributed by atoms with E-state index in [1.807, 2.05) is 77.4 Å². The maximum absolute atomic E-state index is 7.23. The number of anilines is 1. The van der Waals surface area contributed by atoms with Crippen molar-refractivity contribution < 1.29 is 18.9 Å². The fourth-order valence-corrected chi connectivity index (χ4v) is 8.67. The van der Waals surface area contributed by atoms with Gasteiger partial charge in [-0.1, -0.05) is 182 Å². The van der Waals surface area contributed by atoms with Gasteiger partial charge in [0.2, 0.25) is 0 Å². The lowest BCUT2D eigenvalue weighted by Gasteiger charge is -2.37. The molecule has 0 unspecified atom stereocenters. The molecule has 0 spiro atoms. The van der Waals surface area contributed by atoms with Gasteiger partial charge in [0.1, 0.15) is 35.8 Å². The average molecular weight is 780 g/mol. The smallest absolute Gasteiger partial charge is 0.167 e. The molecule has 3 heterocycles. The summed E-state index contributed by atoms with van der Waals surface area (Å²) >= 11 is 0. The highest BCUT2D eigenvalue weighted by Gasteiger charge is 2.49. The van der Waals surface area contributed by atoms with Gasteiger partial charge < -0.3 is 24.3 Å². The van der Waals surface area contributed by atoms with Crippen LogP contribution in [0.25, 0.3) is 11.2 Å². The van der Waals surface area contributed by atoms with Crippen molar-refractivity contribution in [2.24, 2.45) is 0 Å². The van der Waals surface area contributed by atoms with Crippen LogP contribution in [0.15, 0.2) is 195 Å². The van der Waals surface area contributed by atoms with Gasteiger partial charge in [-0.3, -0.25) is 4.57 Å². The van der Waals surface area contributed by atoms with Gasteiger partial charge in [0.05, 0.1) is 12.9 Å². The number of fused-ring (bicyclic) bond motifs is 1. The second-order valence-electron chi connectivity index (χ2n) is 14.6. The van der Waals surface area contributed by atoms with Crippen LogP contribution in [0.5, 0.6) is 0 Å². The van der Waals surface area contributed by atoms with Crippen molar-refractivity contribution in [3.63, 3.8) is 0 Å². The van der Waals surface area contributed by atoms with Crippen molar-refractivity contribution >= 4 is 17.0 Å². The van der Waals surface area contributed by atoms with Crippen molar-refractivity contribution in [2.75, 3.05) is 26.1 Å². The molecule has 1 aliphatic rings. The van der Waals surface area contributed by atoms with Crippen LogP contribution in [0.1, 0.15) is 39.6 Å². The molecule has 0 bridgehead atoms. The van der Waals surface area contributed by atoms with Crippen LogP contribution in [0.2, 0.25) is 0 Å². The molecule has 59 heavy (non-hydrogen) atoms. The van der Waals surface area contributed by atoms with Crippen LogP contribution in [0.3, 0.4) is 0 Å².